The molecular formula is C46H56N16O6. The third-order valence-electron chi connectivity index (χ3n) is 11.1. The van der Waals surface area contributed by atoms with Gasteiger partial charge in [0, 0.05) is 77.2 Å². The second kappa shape index (κ2) is 20.7. The second-order valence-corrected chi connectivity index (χ2v) is 17.1. The van der Waals surface area contributed by atoms with Crippen LogP contribution in [0.5, 0.6) is 0 Å². The minimum atomic E-state index is -0.574. The minimum absolute atomic E-state index is 0.0223. The van der Waals surface area contributed by atoms with Gasteiger partial charge in [0.1, 0.15) is 0 Å². The Hall–Kier alpha value is -7.98. The van der Waals surface area contributed by atoms with Crippen LogP contribution in [-0.2, 0) is 41.0 Å². The molecular weight excluding hydrogens is 873 g/mol. The van der Waals surface area contributed by atoms with E-state index in [9.17, 15) is 28.8 Å². The summed E-state index contributed by atoms with van der Waals surface area (Å²) in [4.78, 5) is 100.0. The number of amides is 6. The molecule has 2 aromatic carbocycles. The van der Waals surface area contributed by atoms with Crippen LogP contribution in [0.3, 0.4) is 0 Å². The number of fused-ring (bicyclic) bond motifs is 3. The van der Waals surface area contributed by atoms with E-state index in [1.165, 1.54) is 43.1 Å². The first-order valence-electron chi connectivity index (χ1n) is 21.9. The maximum Gasteiger partial charge on any atom is 0.292 e. The molecule has 4 aromatic heterocycles. The van der Waals surface area contributed by atoms with Crippen LogP contribution < -0.4 is 31.9 Å². The van der Waals surface area contributed by atoms with E-state index in [-0.39, 0.29) is 58.4 Å². The molecule has 1 aliphatic rings. The van der Waals surface area contributed by atoms with Gasteiger partial charge in [0.2, 0.25) is 23.3 Å². The molecule has 0 bridgehead atoms. The van der Waals surface area contributed by atoms with E-state index in [0.29, 0.717) is 37.1 Å². The topological polar surface area (TPSA) is 252 Å². The zero-order valence-electron chi connectivity index (χ0n) is 39.4. The molecule has 356 valence electrons. The van der Waals surface area contributed by atoms with Crippen LogP contribution in [0.2, 0.25) is 0 Å². The summed E-state index contributed by atoms with van der Waals surface area (Å²) in [5.41, 5.74) is 4.60. The molecule has 0 spiro atoms. The average Bonchev–Trinajstić information content (AvgIpc) is 4.07. The lowest BCUT2D eigenvalue weighted by Gasteiger charge is -2.21. The number of nitrogens with one attached hydrogen (secondary N) is 6. The lowest BCUT2D eigenvalue weighted by Crippen LogP contribution is -2.29. The third kappa shape index (κ3) is 11.3. The van der Waals surface area contributed by atoms with Crippen LogP contribution in [0.25, 0.3) is 11.1 Å². The summed E-state index contributed by atoms with van der Waals surface area (Å²) in [6, 6.07) is 10.8. The van der Waals surface area contributed by atoms with E-state index in [1.807, 2.05) is 62.3 Å². The molecule has 22 heteroatoms. The van der Waals surface area contributed by atoms with Crippen LogP contribution in [0.4, 0.5) is 23.3 Å². The predicted molar refractivity (Wildman–Crippen MR) is 255 cm³/mol. The number of benzene rings is 2. The highest BCUT2D eigenvalue weighted by Gasteiger charge is 2.24. The van der Waals surface area contributed by atoms with Gasteiger partial charge in [0.05, 0.1) is 0 Å². The van der Waals surface area contributed by atoms with Gasteiger partial charge in [-0.3, -0.25) is 28.8 Å². The summed E-state index contributed by atoms with van der Waals surface area (Å²) >= 11 is 0. The molecule has 1 aliphatic carbocycles. The molecule has 0 fully saturated rings. The van der Waals surface area contributed by atoms with Gasteiger partial charge in [-0.2, -0.15) is 0 Å². The van der Waals surface area contributed by atoms with Gasteiger partial charge in [-0.25, -0.2) is 19.9 Å². The highest BCUT2D eigenvalue weighted by molar-refractivity contribution is 6.07. The number of rotatable bonds is 18. The number of imidazole rings is 4. The number of nitrogens with zero attached hydrogens (tertiary/aromatic N) is 10. The number of aromatic nitrogens is 8. The standard InChI is InChI=1S/C46H56N16O6/c1-57(2)19-9-17-47-43(65)37-49-35(25-59(37)5)55-45(67)39-51-33(23-61(39)7)53-41(63)29-13-15-31-27(21-29)11-12-28-22-30(14-16-32(28)31)42(64)54-34-24-62(8)40(52-34)46(68)56-36-26-60(6)38(50-36)44(66)48-18-10-20-58(3)4/h13-16,21-26H,9-12,17-20H2,1-8H3,(H,47,65)(H,48,66)(H,53,63)(H,54,64)(H,55,67)(H,56,68). The van der Waals surface area contributed by atoms with Gasteiger partial charge in [0.15, 0.2) is 23.3 Å². The Kier molecular flexibility index (Phi) is 14.6. The fraction of sp³-hybridized carbons (Fsp3) is 0.348. The lowest BCUT2D eigenvalue weighted by molar-refractivity contribution is 0.0931. The first-order valence-corrected chi connectivity index (χ1v) is 21.9. The van der Waals surface area contributed by atoms with Crippen molar-refractivity contribution in [3.63, 3.8) is 0 Å². The quantitative estimate of drug-likeness (QED) is 0.0681. The summed E-state index contributed by atoms with van der Waals surface area (Å²) in [5.74, 6) is -1.64. The molecule has 0 radical (unpaired) electrons. The third-order valence-corrected chi connectivity index (χ3v) is 11.1. The fourth-order valence-electron chi connectivity index (χ4n) is 7.70. The summed E-state index contributed by atoms with van der Waals surface area (Å²) in [6.07, 6.45) is 8.92. The lowest BCUT2D eigenvalue weighted by atomic mass is 9.84. The van der Waals surface area contributed by atoms with Crippen molar-refractivity contribution in [2.24, 2.45) is 28.2 Å². The number of carbonyl (C=O) groups excluding carboxylic acids is 6. The molecule has 6 N–H and O–H groups in total. The molecule has 0 saturated heterocycles. The van der Waals surface area contributed by atoms with Gasteiger partial charge in [0.25, 0.3) is 35.4 Å². The van der Waals surface area contributed by atoms with E-state index in [2.05, 4.69) is 51.8 Å². The Morgan fingerprint density at radius 2 is 0.779 bits per heavy atom. The molecule has 68 heavy (non-hydrogen) atoms. The zero-order valence-corrected chi connectivity index (χ0v) is 39.4. The van der Waals surface area contributed by atoms with E-state index >= 15 is 0 Å². The van der Waals surface area contributed by atoms with Gasteiger partial charge < -0.3 is 60.0 Å². The molecule has 6 aromatic rings. The Morgan fingerprint density at radius 3 is 1.10 bits per heavy atom. The van der Waals surface area contributed by atoms with Gasteiger partial charge in [-0.15, -0.1) is 0 Å². The van der Waals surface area contributed by atoms with E-state index in [1.54, 1.807) is 40.3 Å². The van der Waals surface area contributed by atoms with Crippen molar-refractivity contribution in [1.82, 2.24) is 58.6 Å². The van der Waals surface area contributed by atoms with Gasteiger partial charge >= 0.3 is 0 Å². The summed E-state index contributed by atoms with van der Waals surface area (Å²) in [7, 11) is 14.4. The van der Waals surface area contributed by atoms with Crippen molar-refractivity contribution < 1.29 is 28.8 Å². The van der Waals surface area contributed by atoms with Crippen molar-refractivity contribution in [3.8, 4) is 11.1 Å². The molecule has 4 heterocycles. The van der Waals surface area contributed by atoms with Gasteiger partial charge in [-0.1, -0.05) is 12.1 Å². The predicted octanol–water partition coefficient (Wildman–Crippen LogP) is 2.76. The van der Waals surface area contributed by atoms with Crippen LogP contribution >= 0.6 is 0 Å². The number of hydrogen-bond donors (Lipinski definition) is 6. The molecule has 22 nitrogen and oxygen atoms in total. The van der Waals surface area contributed by atoms with Gasteiger partial charge in [-0.05, 0) is 113 Å². The number of aryl methyl sites for hydroxylation is 6. The zero-order chi connectivity index (χ0) is 48.8. The van der Waals surface area contributed by atoms with Crippen LogP contribution in [-0.4, -0.2) is 138 Å². The number of carbonyl (C=O) groups is 6. The number of hydrogen-bond acceptors (Lipinski definition) is 12. The monoisotopic (exact) mass is 928 g/mol. The maximum atomic E-state index is 13.5. The van der Waals surface area contributed by atoms with Crippen molar-refractivity contribution in [2.45, 2.75) is 25.7 Å². The molecule has 0 aliphatic heterocycles. The van der Waals surface area contributed by atoms with Crippen molar-refractivity contribution in [2.75, 3.05) is 75.6 Å². The Labute approximate surface area is 392 Å². The minimum Gasteiger partial charge on any atom is -0.349 e. The van der Waals surface area contributed by atoms with E-state index in [4.69, 9.17) is 0 Å². The van der Waals surface area contributed by atoms with Crippen molar-refractivity contribution in [3.05, 3.63) is 107 Å². The first kappa shape index (κ1) is 48.0. The smallest absolute Gasteiger partial charge is 0.292 e. The summed E-state index contributed by atoms with van der Waals surface area (Å²) in [5, 5.41) is 16.6. The second-order valence-electron chi connectivity index (χ2n) is 17.1. The van der Waals surface area contributed by atoms with Crippen LogP contribution in [0, 0.1) is 0 Å². The van der Waals surface area contributed by atoms with Crippen molar-refractivity contribution >= 4 is 58.7 Å². The first-order chi connectivity index (χ1) is 32.4. The highest BCUT2D eigenvalue weighted by Crippen LogP contribution is 2.35. The molecule has 6 amide bonds. The number of anilines is 4. The normalized spacial score (nSPS) is 11.8. The summed E-state index contributed by atoms with van der Waals surface area (Å²) < 4.78 is 6.02. The molecule has 7 rings (SSSR count). The van der Waals surface area contributed by atoms with Crippen LogP contribution in [0.1, 0.15) is 87.2 Å². The van der Waals surface area contributed by atoms with Crippen molar-refractivity contribution in [1.29, 1.82) is 0 Å². The Bertz CT molecular complexity index is 2710. The maximum absolute atomic E-state index is 13.5. The summed E-state index contributed by atoms with van der Waals surface area (Å²) in [6.45, 7) is 2.62. The van der Waals surface area contributed by atoms with Crippen LogP contribution in [0.15, 0.2) is 61.2 Å². The fourth-order valence-corrected chi connectivity index (χ4v) is 7.70. The van der Waals surface area contributed by atoms with E-state index < -0.39 is 23.6 Å². The Balaban J connectivity index is 0.932. The highest BCUT2D eigenvalue weighted by atomic mass is 16.2. The largest absolute Gasteiger partial charge is 0.349 e. The molecule has 0 atom stereocenters. The average molecular weight is 929 g/mol. The van der Waals surface area contributed by atoms with E-state index in [0.717, 1.165) is 48.2 Å². The Morgan fingerprint density at radius 1 is 0.471 bits per heavy atom. The molecule has 0 unspecified atom stereocenters. The molecule has 0 saturated carbocycles. The SMILES string of the molecule is CN(C)CCCNC(=O)c1nc(NC(=O)c2nc(NC(=O)c3ccc4c(c3)CCc3cc(C(=O)Nc5cn(C)c(C(=O)Nc6cn(C)c(C(=O)NCCCN(C)C)n6)n5)ccc3-4)cn2C)cn1C.